The zero-order chi connectivity index (χ0) is 6.24. The van der Waals surface area contributed by atoms with E-state index >= 15 is 0 Å². The summed E-state index contributed by atoms with van der Waals surface area (Å²) in [5.74, 6) is 5.72. The molecule has 0 rings (SSSR count). The highest BCUT2D eigenvalue weighted by molar-refractivity contribution is 5.14. The van der Waals surface area contributed by atoms with Gasteiger partial charge in [0.15, 0.2) is 0 Å². The first kappa shape index (κ1) is 7.26. The molecule has 0 spiro atoms. The van der Waals surface area contributed by atoms with Gasteiger partial charge in [0.05, 0.1) is 0 Å². The Morgan fingerprint density at radius 1 is 1.62 bits per heavy atom. The third-order valence-corrected chi connectivity index (χ3v) is 0.616. The van der Waals surface area contributed by atoms with E-state index in [4.69, 9.17) is 5.73 Å². The molecule has 0 aliphatic heterocycles. The molecule has 0 bridgehead atoms. The molecule has 0 radical (unpaired) electrons. The Hall–Kier alpha value is -0.740. The van der Waals surface area contributed by atoms with Crippen molar-refractivity contribution in [2.45, 2.75) is 13.3 Å². The van der Waals surface area contributed by atoms with Crippen molar-refractivity contribution in [2.75, 3.05) is 6.54 Å². The Morgan fingerprint density at radius 3 is 2.88 bits per heavy atom. The molecule has 0 saturated heterocycles. The predicted octanol–water partition coefficient (Wildman–Crippen LogP) is 0.915. The molecular formula is C7H11N. The van der Waals surface area contributed by atoms with Gasteiger partial charge in [-0.05, 0) is 6.08 Å². The van der Waals surface area contributed by atoms with E-state index in [9.17, 15) is 0 Å². The van der Waals surface area contributed by atoms with Crippen LogP contribution in [0.4, 0.5) is 0 Å². The van der Waals surface area contributed by atoms with Crippen molar-refractivity contribution in [2.24, 2.45) is 5.73 Å². The number of hydrogen-bond acceptors (Lipinski definition) is 1. The van der Waals surface area contributed by atoms with Gasteiger partial charge in [-0.2, -0.15) is 0 Å². The maximum Gasteiger partial charge on any atom is 0.0116 e. The van der Waals surface area contributed by atoms with Crippen LogP contribution in [0, 0.1) is 11.8 Å². The van der Waals surface area contributed by atoms with Gasteiger partial charge >= 0.3 is 0 Å². The van der Waals surface area contributed by atoms with Gasteiger partial charge in [0.2, 0.25) is 0 Å². The van der Waals surface area contributed by atoms with Gasteiger partial charge in [0, 0.05) is 13.0 Å². The zero-order valence-corrected chi connectivity index (χ0v) is 5.15. The highest BCUT2D eigenvalue weighted by atomic mass is 14.5. The smallest absolute Gasteiger partial charge is 0.0116 e. The standard InChI is InChI=1S/C7H11N/c1-2-3-4-5-6-7-8/h5-6H,2,7-8H2,1H3/b6-5+. The van der Waals surface area contributed by atoms with Crippen LogP contribution in [0.25, 0.3) is 0 Å². The van der Waals surface area contributed by atoms with E-state index in [0.717, 1.165) is 6.42 Å². The summed E-state index contributed by atoms with van der Waals surface area (Å²) in [6.07, 6.45) is 4.53. The second kappa shape index (κ2) is 6.26. The van der Waals surface area contributed by atoms with Crippen LogP contribution in [0.5, 0.6) is 0 Å². The Balaban J connectivity index is 3.26. The maximum atomic E-state index is 5.16. The van der Waals surface area contributed by atoms with E-state index in [1.54, 1.807) is 6.08 Å². The summed E-state index contributed by atoms with van der Waals surface area (Å²) in [7, 11) is 0. The number of allylic oxidation sites excluding steroid dienone is 1. The molecule has 0 saturated carbocycles. The topological polar surface area (TPSA) is 26.0 Å². The van der Waals surface area contributed by atoms with Crippen molar-refractivity contribution < 1.29 is 0 Å². The minimum absolute atomic E-state index is 0.582. The molecule has 0 aromatic heterocycles. The zero-order valence-electron chi connectivity index (χ0n) is 5.15. The van der Waals surface area contributed by atoms with Gasteiger partial charge in [-0.25, -0.2) is 0 Å². The fourth-order valence-corrected chi connectivity index (χ4v) is 0.288. The van der Waals surface area contributed by atoms with Crippen LogP contribution in [-0.2, 0) is 0 Å². The predicted molar refractivity (Wildman–Crippen MR) is 36.3 cm³/mol. The monoisotopic (exact) mass is 109 g/mol. The van der Waals surface area contributed by atoms with Crippen molar-refractivity contribution in [3.8, 4) is 11.8 Å². The molecular weight excluding hydrogens is 98.1 g/mol. The molecule has 2 N–H and O–H groups in total. The lowest BCUT2D eigenvalue weighted by atomic mass is 10.4. The summed E-state index contributed by atoms with van der Waals surface area (Å²) in [6.45, 7) is 2.60. The molecule has 0 fully saturated rings. The van der Waals surface area contributed by atoms with Gasteiger partial charge in [0.1, 0.15) is 0 Å². The molecule has 0 aliphatic rings. The lowest BCUT2D eigenvalue weighted by molar-refractivity contribution is 1.25. The summed E-state index contributed by atoms with van der Waals surface area (Å²) in [4.78, 5) is 0. The minimum atomic E-state index is 0.582. The van der Waals surface area contributed by atoms with Crippen molar-refractivity contribution in [1.29, 1.82) is 0 Å². The van der Waals surface area contributed by atoms with Crippen LogP contribution in [0.15, 0.2) is 12.2 Å². The summed E-state index contributed by atoms with van der Waals surface area (Å²) < 4.78 is 0. The largest absolute Gasteiger partial charge is 0.327 e. The summed E-state index contributed by atoms with van der Waals surface area (Å²) in [6, 6.07) is 0. The highest BCUT2D eigenvalue weighted by Gasteiger charge is 1.59. The normalized spacial score (nSPS) is 8.75. The lowest BCUT2D eigenvalue weighted by Gasteiger charge is -1.70. The molecule has 1 heteroatoms. The fraction of sp³-hybridized carbons (Fsp3) is 0.429. The van der Waals surface area contributed by atoms with Crippen LogP contribution in [0.3, 0.4) is 0 Å². The first-order valence-electron chi connectivity index (χ1n) is 2.75. The van der Waals surface area contributed by atoms with Crippen LogP contribution in [0.2, 0.25) is 0 Å². The number of hydrogen-bond donors (Lipinski definition) is 1. The SMILES string of the molecule is CCC#C/C=C/CN. The van der Waals surface area contributed by atoms with Crippen LogP contribution >= 0.6 is 0 Å². The Morgan fingerprint density at radius 2 is 2.38 bits per heavy atom. The van der Waals surface area contributed by atoms with Gasteiger partial charge < -0.3 is 5.73 Å². The van der Waals surface area contributed by atoms with Crippen LogP contribution in [0.1, 0.15) is 13.3 Å². The molecule has 1 nitrogen and oxygen atoms in total. The molecule has 0 heterocycles. The fourth-order valence-electron chi connectivity index (χ4n) is 0.288. The molecule has 0 unspecified atom stereocenters. The van der Waals surface area contributed by atoms with Gasteiger partial charge in [0.25, 0.3) is 0 Å². The van der Waals surface area contributed by atoms with Crippen LogP contribution < -0.4 is 5.73 Å². The van der Waals surface area contributed by atoms with Gasteiger partial charge in [-0.15, -0.1) is 0 Å². The van der Waals surface area contributed by atoms with E-state index in [2.05, 4.69) is 11.8 Å². The maximum absolute atomic E-state index is 5.16. The molecule has 44 valence electrons. The van der Waals surface area contributed by atoms with Crippen molar-refractivity contribution in [3.63, 3.8) is 0 Å². The van der Waals surface area contributed by atoms with E-state index in [-0.39, 0.29) is 0 Å². The van der Waals surface area contributed by atoms with E-state index in [1.807, 2.05) is 13.0 Å². The van der Waals surface area contributed by atoms with Crippen molar-refractivity contribution >= 4 is 0 Å². The third kappa shape index (κ3) is 5.26. The Labute approximate surface area is 50.6 Å². The number of nitrogens with two attached hydrogens (primary N) is 1. The van der Waals surface area contributed by atoms with Gasteiger partial charge in [-0.3, -0.25) is 0 Å². The van der Waals surface area contributed by atoms with Crippen molar-refractivity contribution in [1.82, 2.24) is 0 Å². The number of rotatable bonds is 1. The second-order valence-corrected chi connectivity index (χ2v) is 1.31. The van der Waals surface area contributed by atoms with Gasteiger partial charge in [-0.1, -0.05) is 24.8 Å². The first-order valence-corrected chi connectivity index (χ1v) is 2.75. The molecule has 0 aromatic rings. The average Bonchev–Trinajstić information content (AvgIpc) is 1.81. The molecule has 0 aliphatic carbocycles. The van der Waals surface area contributed by atoms with E-state index in [0.29, 0.717) is 6.54 Å². The quantitative estimate of drug-likeness (QED) is 0.498. The minimum Gasteiger partial charge on any atom is -0.327 e. The first-order chi connectivity index (χ1) is 3.91. The lowest BCUT2D eigenvalue weighted by Crippen LogP contribution is -1.91. The summed E-state index contributed by atoms with van der Waals surface area (Å²) in [5.41, 5.74) is 5.16. The summed E-state index contributed by atoms with van der Waals surface area (Å²) in [5, 5.41) is 0. The molecule has 8 heavy (non-hydrogen) atoms. The highest BCUT2D eigenvalue weighted by Crippen LogP contribution is 1.68. The molecule has 0 atom stereocenters. The second-order valence-electron chi connectivity index (χ2n) is 1.31. The third-order valence-electron chi connectivity index (χ3n) is 0.616. The summed E-state index contributed by atoms with van der Waals surface area (Å²) >= 11 is 0. The Bertz CT molecular complexity index is 114. The van der Waals surface area contributed by atoms with Crippen molar-refractivity contribution in [3.05, 3.63) is 12.2 Å². The molecule has 0 aromatic carbocycles. The van der Waals surface area contributed by atoms with Crippen LogP contribution in [-0.4, -0.2) is 6.54 Å². The average molecular weight is 109 g/mol. The van der Waals surface area contributed by atoms with E-state index < -0.39 is 0 Å². The van der Waals surface area contributed by atoms with E-state index in [1.165, 1.54) is 0 Å². The molecule has 0 amide bonds. The Kier molecular flexibility index (Phi) is 5.68.